The van der Waals surface area contributed by atoms with E-state index >= 15 is 0 Å². The molecule has 0 unspecified atom stereocenters. The summed E-state index contributed by atoms with van der Waals surface area (Å²) in [5.41, 5.74) is 0. The maximum Gasteiger partial charge on any atom is 0.289 e. The Bertz CT molecular complexity index is 882. The summed E-state index contributed by atoms with van der Waals surface area (Å²) in [6, 6.07) is 7.70. The molecule has 0 saturated carbocycles. The quantitative estimate of drug-likeness (QED) is 0.633. The van der Waals surface area contributed by atoms with Gasteiger partial charge in [0.05, 0.1) is 18.8 Å². The zero-order valence-electron chi connectivity index (χ0n) is 16.1. The standard InChI is InChI=1S/C19H24N6O2S/c1-14(2)17(18-20-21-22-25(18)13-15-5-4-12-28-15)23-7-9-24(10-8-23)19(26)16-6-3-11-27-16/h3-6,11-12,14,17H,7-10,13H2,1-2H3/t17-/m0/s1. The van der Waals surface area contributed by atoms with Gasteiger partial charge >= 0.3 is 0 Å². The molecule has 4 heterocycles. The van der Waals surface area contributed by atoms with E-state index in [0.29, 0.717) is 31.3 Å². The molecule has 9 heteroatoms. The van der Waals surface area contributed by atoms with Crippen molar-refractivity contribution in [1.82, 2.24) is 30.0 Å². The van der Waals surface area contributed by atoms with Gasteiger partial charge in [0.2, 0.25) is 0 Å². The van der Waals surface area contributed by atoms with Crippen LogP contribution < -0.4 is 0 Å². The van der Waals surface area contributed by atoms with Crippen LogP contribution in [-0.4, -0.2) is 62.1 Å². The molecule has 3 aromatic heterocycles. The van der Waals surface area contributed by atoms with E-state index in [-0.39, 0.29) is 11.9 Å². The molecule has 1 aliphatic heterocycles. The predicted octanol–water partition coefficient (Wildman–Crippen LogP) is 2.53. The maximum absolute atomic E-state index is 12.5. The van der Waals surface area contributed by atoms with Gasteiger partial charge in [0.25, 0.3) is 5.91 Å². The van der Waals surface area contributed by atoms with Crippen molar-refractivity contribution in [2.45, 2.75) is 26.4 Å². The number of carbonyl (C=O) groups is 1. The number of carbonyl (C=O) groups excluding carboxylic acids is 1. The first-order valence-electron chi connectivity index (χ1n) is 9.48. The number of tetrazole rings is 1. The average Bonchev–Trinajstić information content (AvgIpc) is 3.46. The number of hydrogen-bond acceptors (Lipinski definition) is 7. The summed E-state index contributed by atoms with van der Waals surface area (Å²) in [7, 11) is 0. The molecule has 0 aromatic carbocycles. The van der Waals surface area contributed by atoms with Crippen molar-refractivity contribution < 1.29 is 9.21 Å². The number of furan rings is 1. The SMILES string of the molecule is CC(C)[C@@H](c1nnnn1Cc1cccs1)N1CCN(C(=O)c2ccco2)CC1. The molecule has 1 amide bonds. The minimum Gasteiger partial charge on any atom is -0.459 e. The minimum absolute atomic E-state index is 0.0479. The molecule has 1 saturated heterocycles. The summed E-state index contributed by atoms with van der Waals surface area (Å²) in [6.07, 6.45) is 1.53. The zero-order chi connectivity index (χ0) is 19.5. The van der Waals surface area contributed by atoms with Gasteiger partial charge in [-0.1, -0.05) is 19.9 Å². The van der Waals surface area contributed by atoms with Crippen molar-refractivity contribution >= 4 is 17.2 Å². The average molecular weight is 401 g/mol. The second kappa shape index (κ2) is 8.24. The van der Waals surface area contributed by atoms with Crippen LogP contribution >= 0.6 is 11.3 Å². The van der Waals surface area contributed by atoms with Gasteiger partial charge in [-0.25, -0.2) is 4.68 Å². The Morgan fingerprint density at radius 2 is 2.04 bits per heavy atom. The van der Waals surface area contributed by atoms with Crippen LogP contribution in [0.2, 0.25) is 0 Å². The Morgan fingerprint density at radius 1 is 1.21 bits per heavy atom. The van der Waals surface area contributed by atoms with Gasteiger partial charge in [0.15, 0.2) is 11.6 Å². The molecule has 8 nitrogen and oxygen atoms in total. The first kappa shape index (κ1) is 18.8. The van der Waals surface area contributed by atoms with Crippen LogP contribution in [0.4, 0.5) is 0 Å². The molecule has 4 rings (SSSR count). The van der Waals surface area contributed by atoms with Crippen LogP contribution in [0.25, 0.3) is 0 Å². The molecule has 148 valence electrons. The Morgan fingerprint density at radius 3 is 2.68 bits per heavy atom. The molecule has 1 aliphatic rings. The van der Waals surface area contributed by atoms with Gasteiger partial charge in [0, 0.05) is 31.1 Å². The Balaban J connectivity index is 1.46. The molecule has 28 heavy (non-hydrogen) atoms. The van der Waals surface area contributed by atoms with Crippen molar-refractivity contribution in [3.8, 4) is 0 Å². The van der Waals surface area contributed by atoms with Gasteiger partial charge in [-0.2, -0.15) is 0 Å². The second-order valence-corrected chi connectivity index (χ2v) is 8.30. The normalized spacial score (nSPS) is 16.6. The van der Waals surface area contributed by atoms with Gasteiger partial charge in [-0.05, 0) is 39.9 Å². The van der Waals surface area contributed by atoms with Crippen LogP contribution in [0.3, 0.4) is 0 Å². The molecule has 1 atom stereocenters. The molecule has 0 radical (unpaired) electrons. The summed E-state index contributed by atoms with van der Waals surface area (Å²) in [6.45, 7) is 7.94. The lowest BCUT2D eigenvalue weighted by Crippen LogP contribution is -2.50. The van der Waals surface area contributed by atoms with E-state index in [1.165, 1.54) is 11.1 Å². The van der Waals surface area contributed by atoms with Crippen LogP contribution in [0.1, 0.15) is 41.1 Å². The van der Waals surface area contributed by atoms with Crippen LogP contribution in [0.5, 0.6) is 0 Å². The maximum atomic E-state index is 12.5. The van der Waals surface area contributed by atoms with Gasteiger partial charge in [-0.15, -0.1) is 16.4 Å². The number of rotatable bonds is 6. The fourth-order valence-electron chi connectivity index (χ4n) is 3.73. The van der Waals surface area contributed by atoms with E-state index in [1.54, 1.807) is 23.5 Å². The first-order valence-corrected chi connectivity index (χ1v) is 10.4. The fraction of sp³-hybridized carbons (Fsp3) is 0.474. The molecular weight excluding hydrogens is 376 g/mol. The molecule has 0 aliphatic carbocycles. The van der Waals surface area contributed by atoms with E-state index in [2.05, 4.69) is 45.7 Å². The number of amides is 1. The van der Waals surface area contributed by atoms with E-state index in [1.807, 2.05) is 15.6 Å². The lowest BCUT2D eigenvalue weighted by atomic mass is 10.0. The molecule has 3 aromatic rings. The monoisotopic (exact) mass is 400 g/mol. The third kappa shape index (κ3) is 3.85. The molecule has 0 N–H and O–H groups in total. The summed E-state index contributed by atoms with van der Waals surface area (Å²) < 4.78 is 7.15. The van der Waals surface area contributed by atoms with Crippen molar-refractivity contribution in [3.05, 3.63) is 52.4 Å². The number of piperazine rings is 1. The predicted molar refractivity (Wildman–Crippen MR) is 105 cm³/mol. The third-order valence-corrected chi connectivity index (χ3v) is 5.93. The van der Waals surface area contributed by atoms with Gasteiger partial charge < -0.3 is 9.32 Å². The zero-order valence-corrected chi connectivity index (χ0v) is 16.9. The van der Waals surface area contributed by atoms with Crippen LogP contribution in [0, 0.1) is 5.92 Å². The van der Waals surface area contributed by atoms with Gasteiger partial charge in [0.1, 0.15) is 0 Å². The summed E-state index contributed by atoms with van der Waals surface area (Å²) in [5.74, 6) is 1.58. The highest BCUT2D eigenvalue weighted by Gasteiger charge is 2.33. The van der Waals surface area contributed by atoms with Crippen molar-refractivity contribution in [2.24, 2.45) is 5.92 Å². The van der Waals surface area contributed by atoms with E-state index in [0.717, 1.165) is 18.9 Å². The van der Waals surface area contributed by atoms with E-state index < -0.39 is 0 Å². The summed E-state index contributed by atoms with van der Waals surface area (Å²) in [4.78, 5) is 18.0. The second-order valence-electron chi connectivity index (χ2n) is 7.27. The highest BCUT2D eigenvalue weighted by Crippen LogP contribution is 2.28. The molecule has 0 spiro atoms. The van der Waals surface area contributed by atoms with Crippen molar-refractivity contribution in [2.75, 3.05) is 26.2 Å². The Kier molecular flexibility index (Phi) is 5.54. The molecule has 1 fully saturated rings. The number of hydrogen-bond donors (Lipinski definition) is 0. The summed E-state index contributed by atoms with van der Waals surface area (Å²) >= 11 is 1.70. The van der Waals surface area contributed by atoms with Crippen molar-refractivity contribution in [3.63, 3.8) is 0 Å². The molecule has 0 bridgehead atoms. The highest BCUT2D eigenvalue weighted by molar-refractivity contribution is 7.09. The Labute approximate surface area is 167 Å². The minimum atomic E-state index is -0.0479. The smallest absolute Gasteiger partial charge is 0.289 e. The largest absolute Gasteiger partial charge is 0.459 e. The fourth-order valence-corrected chi connectivity index (χ4v) is 4.41. The first-order chi connectivity index (χ1) is 13.6. The summed E-state index contributed by atoms with van der Waals surface area (Å²) in [5, 5.41) is 14.6. The lowest BCUT2D eigenvalue weighted by Gasteiger charge is -2.40. The topological polar surface area (TPSA) is 80.3 Å². The lowest BCUT2D eigenvalue weighted by molar-refractivity contribution is 0.0464. The van der Waals surface area contributed by atoms with Crippen LogP contribution in [0.15, 0.2) is 40.3 Å². The van der Waals surface area contributed by atoms with E-state index in [4.69, 9.17) is 4.42 Å². The number of nitrogens with zero attached hydrogens (tertiary/aromatic N) is 6. The highest BCUT2D eigenvalue weighted by atomic mass is 32.1. The third-order valence-electron chi connectivity index (χ3n) is 5.07. The molecular formula is C19H24N6O2S. The van der Waals surface area contributed by atoms with Crippen LogP contribution in [-0.2, 0) is 6.54 Å². The van der Waals surface area contributed by atoms with Gasteiger partial charge in [-0.3, -0.25) is 9.69 Å². The van der Waals surface area contributed by atoms with Crippen molar-refractivity contribution in [1.29, 1.82) is 0 Å². The number of thiophene rings is 1. The Hall–Kier alpha value is -2.52. The van der Waals surface area contributed by atoms with E-state index in [9.17, 15) is 4.79 Å². The number of aromatic nitrogens is 4.